The first-order valence-electron chi connectivity index (χ1n) is 10.3. The number of ether oxygens (including phenoxy) is 1. The van der Waals surface area contributed by atoms with E-state index < -0.39 is 6.04 Å². The summed E-state index contributed by atoms with van der Waals surface area (Å²) in [5, 5.41) is 0. The van der Waals surface area contributed by atoms with Gasteiger partial charge in [0, 0.05) is 31.0 Å². The fourth-order valence-electron chi connectivity index (χ4n) is 4.01. The summed E-state index contributed by atoms with van der Waals surface area (Å²) < 4.78 is 7.40. The average Bonchev–Trinajstić information content (AvgIpc) is 3.47. The molecular formula is C24H26N4O3. The summed E-state index contributed by atoms with van der Waals surface area (Å²) in [5.74, 6) is 0.338. The molecule has 0 bridgehead atoms. The monoisotopic (exact) mass is 418 g/mol. The number of nitrogens with zero attached hydrogens (tertiary/aromatic N) is 4. The third-order valence-electron chi connectivity index (χ3n) is 5.69. The van der Waals surface area contributed by atoms with Crippen molar-refractivity contribution in [3.63, 3.8) is 0 Å². The van der Waals surface area contributed by atoms with Crippen LogP contribution in [-0.4, -0.2) is 53.0 Å². The Hall–Kier alpha value is -3.61. The van der Waals surface area contributed by atoms with Gasteiger partial charge in [0.1, 0.15) is 11.8 Å². The van der Waals surface area contributed by atoms with Gasteiger partial charge in [0.2, 0.25) is 5.91 Å². The van der Waals surface area contributed by atoms with Crippen LogP contribution in [0.3, 0.4) is 0 Å². The second-order valence-electron chi connectivity index (χ2n) is 7.70. The van der Waals surface area contributed by atoms with Gasteiger partial charge >= 0.3 is 0 Å². The van der Waals surface area contributed by atoms with E-state index in [0.717, 1.165) is 23.5 Å². The lowest BCUT2D eigenvalue weighted by Crippen LogP contribution is -2.46. The molecule has 3 aromatic rings. The van der Waals surface area contributed by atoms with Crippen LogP contribution < -0.4 is 9.64 Å². The highest BCUT2D eigenvalue weighted by atomic mass is 16.5. The number of aryl methyl sites for hydroxylation is 1. The summed E-state index contributed by atoms with van der Waals surface area (Å²) in [6.45, 7) is 2.47. The lowest BCUT2D eigenvalue weighted by molar-refractivity contribution is -0.121. The van der Waals surface area contributed by atoms with Gasteiger partial charge in [-0.25, -0.2) is 4.98 Å². The molecule has 7 nitrogen and oxygen atoms in total. The lowest BCUT2D eigenvalue weighted by atomic mass is 10.1. The zero-order valence-corrected chi connectivity index (χ0v) is 18.0. The molecule has 1 aliphatic heterocycles. The van der Waals surface area contributed by atoms with E-state index in [1.807, 2.05) is 54.1 Å². The lowest BCUT2D eigenvalue weighted by Gasteiger charge is -2.28. The largest absolute Gasteiger partial charge is 0.495 e. The summed E-state index contributed by atoms with van der Waals surface area (Å²) in [5.41, 5.74) is 3.01. The molecule has 2 amide bonds. The quantitative estimate of drug-likeness (QED) is 0.636. The van der Waals surface area contributed by atoms with Crippen LogP contribution in [0.1, 0.15) is 28.9 Å². The van der Waals surface area contributed by atoms with Crippen molar-refractivity contribution in [2.45, 2.75) is 25.8 Å². The molecule has 1 atom stereocenters. The maximum atomic E-state index is 13.3. The zero-order valence-electron chi connectivity index (χ0n) is 18.0. The van der Waals surface area contributed by atoms with Gasteiger partial charge in [0.05, 0.1) is 24.8 Å². The van der Waals surface area contributed by atoms with Crippen molar-refractivity contribution in [3.8, 4) is 11.4 Å². The molecule has 1 aliphatic rings. The molecule has 0 aliphatic carbocycles. The molecule has 31 heavy (non-hydrogen) atoms. The van der Waals surface area contributed by atoms with Gasteiger partial charge in [-0.05, 0) is 50.1 Å². The van der Waals surface area contributed by atoms with Gasteiger partial charge in [-0.1, -0.05) is 18.2 Å². The van der Waals surface area contributed by atoms with E-state index in [1.54, 1.807) is 42.4 Å². The molecule has 4 rings (SSSR count). The molecule has 7 heteroatoms. The van der Waals surface area contributed by atoms with Gasteiger partial charge in [0.15, 0.2) is 0 Å². The number of para-hydroxylation sites is 1. The number of benzene rings is 2. The van der Waals surface area contributed by atoms with E-state index in [0.29, 0.717) is 24.3 Å². The second-order valence-corrected chi connectivity index (χ2v) is 7.70. The molecule has 2 aromatic carbocycles. The first-order valence-corrected chi connectivity index (χ1v) is 10.3. The van der Waals surface area contributed by atoms with Crippen molar-refractivity contribution >= 4 is 17.5 Å². The molecule has 0 radical (unpaired) electrons. The van der Waals surface area contributed by atoms with Gasteiger partial charge in [-0.2, -0.15) is 0 Å². The number of rotatable bonds is 5. The number of aromatic nitrogens is 2. The zero-order chi connectivity index (χ0) is 22.0. The molecule has 1 unspecified atom stereocenters. The molecule has 1 saturated heterocycles. The Morgan fingerprint density at radius 3 is 2.61 bits per heavy atom. The molecule has 160 valence electrons. The molecule has 1 fully saturated rings. The molecule has 2 heterocycles. The van der Waals surface area contributed by atoms with E-state index in [2.05, 4.69) is 4.98 Å². The topological polar surface area (TPSA) is 67.7 Å². The Balaban J connectivity index is 1.57. The fourth-order valence-corrected chi connectivity index (χ4v) is 4.01. The summed E-state index contributed by atoms with van der Waals surface area (Å²) >= 11 is 0. The standard InChI is InChI=1S/C24H26N4O3/c1-17-15-27(16-25-17)20-12-11-18(14-22(20)31-3)23(29)28-13-7-10-21(28)24(30)26(2)19-8-5-4-6-9-19/h4-6,8-9,11-12,14-16,21H,7,10,13H2,1-3H3. The first-order chi connectivity index (χ1) is 15.0. The van der Waals surface area contributed by atoms with E-state index in [4.69, 9.17) is 4.74 Å². The van der Waals surface area contributed by atoms with E-state index in [9.17, 15) is 9.59 Å². The highest BCUT2D eigenvalue weighted by molar-refractivity contribution is 6.02. The van der Waals surface area contributed by atoms with Crippen molar-refractivity contribution in [1.82, 2.24) is 14.5 Å². The van der Waals surface area contributed by atoms with E-state index >= 15 is 0 Å². The number of carbonyl (C=O) groups excluding carboxylic acids is 2. The predicted octanol–water partition coefficient (Wildman–Crippen LogP) is 3.46. The fraction of sp³-hybridized carbons (Fsp3) is 0.292. The van der Waals surface area contributed by atoms with Crippen LogP contribution in [0.4, 0.5) is 5.69 Å². The Bertz CT molecular complexity index is 1090. The minimum atomic E-state index is -0.473. The number of hydrogen-bond donors (Lipinski definition) is 0. The predicted molar refractivity (Wildman–Crippen MR) is 119 cm³/mol. The Morgan fingerprint density at radius 2 is 1.94 bits per heavy atom. The van der Waals surface area contributed by atoms with Crippen molar-refractivity contribution in [2.24, 2.45) is 0 Å². The van der Waals surface area contributed by atoms with Crippen LogP contribution in [0, 0.1) is 6.92 Å². The summed E-state index contributed by atoms with van der Waals surface area (Å²) in [6, 6.07) is 14.4. The van der Waals surface area contributed by atoms with Gasteiger partial charge in [-0.15, -0.1) is 0 Å². The maximum Gasteiger partial charge on any atom is 0.254 e. The number of amides is 2. The molecule has 0 N–H and O–H groups in total. The normalized spacial score (nSPS) is 15.7. The summed E-state index contributed by atoms with van der Waals surface area (Å²) in [4.78, 5) is 34.0. The maximum absolute atomic E-state index is 13.3. The SMILES string of the molecule is COc1cc(C(=O)N2CCCC2C(=O)N(C)c2ccccc2)ccc1-n1cnc(C)c1. The molecule has 1 aromatic heterocycles. The Kier molecular flexibility index (Phi) is 5.75. The van der Waals surface area contributed by atoms with E-state index in [1.165, 1.54) is 0 Å². The average molecular weight is 418 g/mol. The van der Waals surface area contributed by atoms with Crippen LogP contribution in [0.25, 0.3) is 5.69 Å². The highest BCUT2D eigenvalue weighted by Gasteiger charge is 2.36. The van der Waals surface area contributed by atoms with Gasteiger partial charge < -0.3 is 19.1 Å². The number of hydrogen-bond acceptors (Lipinski definition) is 4. The van der Waals surface area contributed by atoms with Crippen LogP contribution in [0.5, 0.6) is 5.75 Å². The Morgan fingerprint density at radius 1 is 1.16 bits per heavy atom. The summed E-state index contributed by atoms with van der Waals surface area (Å²) in [7, 11) is 3.33. The van der Waals surface area contributed by atoms with Gasteiger partial charge in [-0.3, -0.25) is 9.59 Å². The first kappa shape index (κ1) is 20.7. The number of likely N-dealkylation sites (tertiary alicyclic amines) is 1. The van der Waals surface area contributed by atoms with Crippen LogP contribution in [-0.2, 0) is 4.79 Å². The Labute approximate surface area is 181 Å². The minimum absolute atomic E-state index is 0.0745. The number of imidazole rings is 1. The number of likely N-dealkylation sites (N-methyl/N-ethyl adjacent to an activating group) is 1. The van der Waals surface area contributed by atoms with Crippen LogP contribution >= 0.6 is 0 Å². The third-order valence-corrected chi connectivity index (χ3v) is 5.69. The molecule has 0 saturated carbocycles. The van der Waals surface area contributed by atoms with Crippen molar-refractivity contribution in [1.29, 1.82) is 0 Å². The number of anilines is 1. The second kappa shape index (κ2) is 8.63. The molecular weight excluding hydrogens is 392 g/mol. The van der Waals surface area contributed by atoms with Crippen LogP contribution in [0.15, 0.2) is 61.1 Å². The third kappa shape index (κ3) is 4.03. The van der Waals surface area contributed by atoms with Crippen molar-refractivity contribution in [3.05, 3.63) is 72.3 Å². The molecule has 0 spiro atoms. The van der Waals surface area contributed by atoms with Crippen LogP contribution in [0.2, 0.25) is 0 Å². The van der Waals surface area contributed by atoms with Gasteiger partial charge in [0.25, 0.3) is 5.91 Å². The minimum Gasteiger partial charge on any atom is -0.495 e. The smallest absolute Gasteiger partial charge is 0.254 e. The van der Waals surface area contributed by atoms with Crippen molar-refractivity contribution in [2.75, 3.05) is 25.6 Å². The van der Waals surface area contributed by atoms with E-state index in [-0.39, 0.29) is 11.8 Å². The number of methoxy groups -OCH3 is 1. The number of carbonyl (C=O) groups is 2. The summed E-state index contributed by atoms with van der Waals surface area (Å²) in [6.07, 6.45) is 5.07. The van der Waals surface area contributed by atoms with Crippen molar-refractivity contribution < 1.29 is 14.3 Å². The highest BCUT2D eigenvalue weighted by Crippen LogP contribution is 2.28.